The molecule has 0 amide bonds. The molecule has 1 saturated carbocycles. The molecule has 0 unspecified atom stereocenters. The third kappa shape index (κ3) is 3.57. The molecule has 1 aliphatic carbocycles. The Balaban J connectivity index is 2.36. The molecule has 1 aliphatic rings. The highest BCUT2D eigenvalue weighted by Crippen LogP contribution is 2.38. The van der Waals surface area contributed by atoms with Crippen LogP contribution in [0.4, 0.5) is 18.9 Å². The summed E-state index contributed by atoms with van der Waals surface area (Å²) in [5.41, 5.74) is 7.17. The molecule has 0 spiro atoms. The van der Waals surface area contributed by atoms with Crippen LogP contribution < -0.4 is 10.6 Å². The van der Waals surface area contributed by atoms with Crippen LogP contribution in [0.2, 0.25) is 0 Å². The lowest BCUT2D eigenvalue weighted by Gasteiger charge is -2.28. The molecule has 0 aliphatic heterocycles. The van der Waals surface area contributed by atoms with Crippen LogP contribution in [0.25, 0.3) is 0 Å². The van der Waals surface area contributed by atoms with Gasteiger partial charge in [-0.05, 0) is 31.2 Å². The third-order valence-corrected chi connectivity index (χ3v) is 4.00. The number of nitrogens with two attached hydrogens (primary N) is 1. The number of thioether (sulfide) groups is 1. The summed E-state index contributed by atoms with van der Waals surface area (Å²) in [6.45, 7) is -0.643. The van der Waals surface area contributed by atoms with Crippen LogP contribution >= 0.6 is 11.8 Å². The van der Waals surface area contributed by atoms with Gasteiger partial charge < -0.3 is 10.6 Å². The van der Waals surface area contributed by atoms with Crippen LogP contribution in [-0.4, -0.2) is 25.0 Å². The van der Waals surface area contributed by atoms with E-state index in [2.05, 4.69) is 0 Å². The van der Waals surface area contributed by atoms with Gasteiger partial charge in [0, 0.05) is 28.7 Å². The molecule has 0 saturated heterocycles. The minimum absolute atomic E-state index is 0.00373. The quantitative estimate of drug-likeness (QED) is 0.843. The van der Waals surface area contributed by atoms with Crippen LogP contribution in [0.3, 0.4) is 0 Å². The van der Waals surface area contributed by atoms with E-state index in [9.17, 15) is 13.2 Å². The van der Waals surface area contributed by atoms with Crippen LogP contribution in [-0.2, 0) is 6.54 Å². The van der Waals surface area contributed by atoms with Crippen LogP contribution in [0, 0.1) is 0 Å². The number of hydrogen-bond donors (Lipinski definition) is 1. The van der Waals surface area contributed by atoms with Gasteiger partial charge in [0.2, 0.25) is 0 Å². The summed E-state index contributed by atoms with van der Waals surface area (Å²) in [6.07, 6.45) is -0.638. The van der Waals surface area contributed by atoms with E-state index in [1.165, 1.54) is 16.7 Å². The van der Waals surface area contributed by atoms with Crippen molar-refractivity contribution >= 4 is 17.4 Å². The van der Waals surface area contributed by atoms with Crippen molar-refractivity contribution in [1.29, 1.82) is 0 Å². The molecule has 0 heterocycles. The molecule has 2 nitrogen and oxygen atoms in total. The number of alkyl halides is 3. The molecule has 19 heavy (non-hydrogen) atoms. The molecular formula is C13H17F3N2S. The maximum atomic E-state index is 12.7. The monoisotopic (exact) mass is 290 g/mol. The number of anilines is 1. The summed E-state index contributed by atoms with van der Waals surface area (Å²) in [4.78, 5) is 2.41. The maximum Gasteiger partial charge on any atom is 0.405 e. The minimum atomic E-state index is -4.19. The second-order valence-corrected chi connectivity index (χ2v) is 5.48. The molecule has 2 N–H and O–H groups in total. The van der Waals surface area contributed by atoms with Gasteiger partial charge in [-0.1, -0.05) is 6.07 Å². The first-order valence-corrected chi connectivity index (χ1v) is 7.38. The average Bonchev–Trinajstić information content (AvgIpc) is 3.18. The predicted octanol–water partition coefficient (Wildman–Crippen LogP) is 3.40. The van der Waals surface area contributed by atoms with Gasteiger partial charge in [0.1, 0.15) is 6.54 Å². The molecule has 0 aromatic heterocycles. The van der Waals surface area contributed by atoms with E-state index in [4.69, 9.17) is 5.73 Å². The molecule has 6 heteroatoms. The van der Waals surface area contributed by atoms with E-state index < -0.39 is 12.7 Å². The number of nitrogens with zero attached hydrogens (tertiary/aromatic N) is 1. The average molecular weight is 290 g/mol. The topological polar surface area (TPSA) is 29.3 Å². The molecule has 0 radical (unpaired) electrons. The SMILES string of the molecule is CSc1cccc(N(CC(F)(F)F)C2CC2)c1CN. The smallest absolute Gasteiger partial charge is 0.359 e. The van der Waals surface area contributed by atoms with E-state index in [1.54, 1.807) is 12.1 Å². The Labute approximate surface area is 115 Å². The molecule has 1 aromatic carbocycles. The molecule has 106 valence electrons. The zero-order chi connectivity index (χ0) is 14.0. The van der Waals surface area contributed by atoms with Gasteiger partial charge in [-0.15, -0.1) is 11.8 Å². The van der Waals surface area contributed by atoms with E-state index in [0.29, 0.717) is 5.69 Å². The molecular weight excluding hydrogens is 273 g/mol. The fraction of sp³-hybridized carbons (Fsp3) is 0.538. The van der Waals surface area contributed by atoms with Gasteiger partial charge in [0.05, 0.1) is 0 Å². The van der Waals surface area contributed by atoms with Crippen molar-refractivity contribution in [3.05, 3.63) is 23.8 Å². The van der Waals surface area contributed by atoms with Gasteiger partial charge in [0.25, 0.3) is 0 Å². The minimum Gasteiger partial charge on any atom is -0.359 e. The largest absolute Gasteiger partial charge is 0.405 e. The maximum absolute atomic E-state index is 12.7. The zero-order valence-electron chi connectivity index (χ0n) is 10.7. The van der Waals surface area contributed by atoms with E-state index in [0.717, 1.165) is 23.3 Å². The number of benzene rings is 1. The van der Waals surface area contributed by atoms with Gasteiger partial charge >= 0.3 is 6.18 Å². The second kappa shape index (κ2) is 5.63. The first-order valence-electron chi connectivity index (χ1n) is 6.15. The van der Waals surface area contributed by atoms with Crippen molar-refractivity contribution in [2.45, 2.75) is 36.5 Å². The third-order valence-electron chi connectivity index (χ3n) is 3.18. The highest BCUT2D eigenvalue weighted by Gasteiger charge is 2.39. The summed E-state index contributed by atoms with van der Waals surface area (Å²) < 4.78 is 38.2. The second-order valence-electron chi connectivity index (χ2n) is 4.64. The number of rotatable bonds is 5. The normalized spacial score (nSPS) is 15.6. The Morgan fingerprint density at radius 1 is 1.37 bits per heavy atom. The molecule has 1 aromatic rings. The summed E-state index contributed by atoms with van der Waals surface area (Å²) >= 11 is 1.51. The summed E-state index contributed by atoms with van der Waals surface area (Å²) in [6, 6.07) is 5.44. The predicted molar refractivity (Wildman–Crippen MR) is 72.5 cm³/mol. The lowest BCUT2D eigenvalue weighted by atomic mass is 10.1. The molecule has 0 atom stereocenters. The molecule has 1 fully saturated rings. The Morgan fingerprint density at radius 2 is 2.05 bits per heavy atom. The Hall–Kier alpha value is -0.880. The summed E-state index contributed by atoms with van der Waals surface area (Å²) in [5, 5.41) is 0. The lowest BCUT2D eigenvalue weighted by Crippen LogP contribution is -2.36. The van der Waals surface area contributed by atoms with Crippen molar-refractivity contribution in [2.75, 3.05) is 17.7 Å². The van der Waals surface area contributed by atoms with Crippen LogP contribution in [0.5, 0.6) is 0 Å². The summed E-state index contributed by atoms with van der Waals surface area (Å²) in [5.74, 6) is 0. The van der Waals surface area contributed by atoms with Crippen molar-refractivity contribution in [3.8, 4) is 0 Å². The highest BCUT2D eigenvalue weighted by molar-refractivity contribution is 7.98. The molecule has 0 bridgehead atoms. The van der Waals surface area contributed by atoms with Crippen molar-refractivity contribution in [2.24, 2.45) is 5.73 Å². The Kier molecular flexibility index (Phi) is 4.30. The first-order chi connectivity index (χ1) is 8.96. The van der Waals surface area contributed by atoms with Gasteiger partial charge in [-0.25, -0.2) is 0 Å². The fourth-order valence-electron chi connectivity index (χ4n) is 2.21. The fourth-order valence-corrected chi connectivity index (χ4v) is 2.86. The Bertz CT molecular complexity index is 444. The lowest BCUT2D eigenvalue weighted by molar-refractivity contribution is -0.120. The van der Waals surface area contributed by atoms with Gasteiger partial charge in [0.15, 0.2) is 0 Å². The number of hydrogen-bond acceptors (Lipinski definition) is 3. The highest BCUT2D eigenvalue weighted by atomic mass is 32.2. The number of halogens is 3. The molecule has 2 rings (SSSR count). The van der Waals surface area contributed by atoms with E-state index in [1.807, 2.05) is 12.3 Å². The van der Waals surface area contributed by atoms with Crippen LogP contribution in [0.1, 0.15) is 18.4 Å². The van der Waals surface area contributed by atoms with Gasteiger partial charge in [-0.3, -0.25) is 0 Å². The first kappa shape index (κ1) is 14.5. The van der Waals surface area contributed by atoms with Gasteiger partial charge in [-0.2, -0.15) is 13.2 Å². The standard InChI is InChI=1S/C13H17F3N2S/c1-19-12-4-2-3-11(10(12)7-17)18(9-5-6-9)8-13(14,15)16/h2-4,9H,5-8,17H2,1H3. The zero-order valence-corrected chi connectivity index (χ0v) is 11.5. The van der Waals surface area contributed by atoms with E-state index >= 15 is 0 Å². The van der Waals surface area contributed by atoms with Crippen molar-refractivity contribution in [3.63, 3.8) is 0 Å². The van der Waals surface area contributed by atoms with Crippen molar-refractivity contribution in [1.82, 2.24) is 0 Å². The van der Waals surface area contributed by atoms with Crippen molar-refractivity contribution < 1.29 is 13.2 Å². The van der Waals surface area contributed by atoms with Crippen LogP contribution in [0.15, 0.2) is 23.1 Å². The van der Waals surface area contributed by atoms with E-state index in [-0.39, 0.29) is 12.6 Å². The Morgan fingerprint density at radius 3 is 2.53 bits per heavy atom. The summed E-state index contributed by atoms with van der Waals surface area (Å²) in [7, 11) is 0.